The Hall–Kier alpha value is -2.08. The predicted molar refractivity (Wildman–Crippen MR) is 84.3 cm³/mol. The topological polar surface area (TPSA) is 67.9 Å². The molecule has 1 heterocycles. The molecule has 2 aliphatic rings. The average Bonchev–Trinajstić information content (AvgIpc) is 3.37. The van der Waals surface area contributed by atoms with Crippen LogP contribution in [0.1, 0.15) is 18.4 Å². The Balaban J connectivity index is 1.58. The molecule has 1 saturated carbocycles. The second-order valence-corrected chi connectivity index (χ2v) is 6.23. The lowest BCUT2D eigenvalue weighted by atomic mass is 9.95. The number of nitrogens with zero attached hydrogens (tertiary/aromatic N) is 1. The van der Waals surface area contributed by atoms with Gasteiger partial charge in [-0.25, -0.2) is 0 Å². The summed E-state index contributed by atoms with van der Waals surface area (Å²) < 4.78 is 10.6. The zero-order valence-electron chi connectivity index (χ0n) is 13.5. The highest BCUT2D eigenvalue weighted by molar-refractivity contribution is 5.91. The van der Waals surface area contributed by atoms with Gasteiger partial charge in [0, 0.05) is 20.1 Å². The third-order valence-corrected chi connectivity index (χ3v) is 4.66. The van der Waals surface area contributed by atoms with Gasteiger partial charge in [0.1, 0.15) is 12.4 Å². The minimum atomic E-state index is -0.414. The first-order valence-electron chi connectivity index (χ1n) is 7.83. The number of carbonyl (C=O) groups is 2. The van der Waals surface area contributed by atoms with Gasteiger partial charge >= 0.3 is 0 Å². The van der Waals surface area contributed by atoms with E-state index in [1.165, 1.54) is 0 Å². The SMILES string of the molecule is COc1ccc(C2(C(=O)NCC3CN(C)C(=O)CO3)CC2)cc1. The molecule has 1 aliphatic heterocycles. The molecule has 1 aromatic rings. The average molecular weight is 318 g/mol. The van der Waals surface area contributed by atoms with Crippen LogP contribution in [0.4, 0.5) is 0 Å². The van der Waals surface area contributed by atoms with Crippen molar-refractivity contribution >= 4 is 11.8 Å². The van der Waals surface area contributed by atoms with E-state index in [1.807, 2.05) is 24.3 Å². The van der Waals surface area contributed by atoms with Crippen molar-refractivity contribution in [2.24, 2.45) is 0 Å². The van der Waals surface area contributed by atoms with Crippen molar-refractivity contribution in [3.63, 3.8) is 0 Å². The number of benzene rings is 1. The van der Waals surface area contributed by atoms with Gasteiger partial charge in [-0.3, -0.25) is 9.59 Å². The number of methoxy groups -OCH3 is 1. The minimum absolute atomic E-state index is 0.0236. The highest BCUT2D eigenvalue weighted by Crippen LogP contribution is 2.48. The zero-order valence-corrected chi connectivity index (χ0v) is 13.5. The van der Waals surface area contributed by atoms with Crippen LogP contribution in [0.2, 0.25) is 0 Å². The molecule has 6 nitrogen and oxygen atoms in total. The minimum Gasteiger partial charge on any atom is -0.497 e. The van der Waals surface area contributed by atoms with Crippen LogP contribution < -0.4 is 10.1 Å². The number of nitrogens with one attached hydrogen (secondary N) is 1. The monoisotopic (exact) mass is 318 g/mol. The molecule has 0 bridgehead atoms. The number of morpholine rings is 1. The first kappa shape index (κ1) is 15.8. The van der Waals surface area contributed by atoms with E-state index in [0.29, 0.717) is 13.1 Å². The summed E-state index contributed by atoms with van der Waals surface area (Å²) in [6, 6.07) is 7.67. The van der Waals surface area contributed by atoms with Crippen LogP contribution in [0.15, 0.2) is 24.3 Å². The molecule has 3 rings (SSSR count). The second-order valence-electron chi connectivity index (χ2n) is 6.23. The number of ether oxygens (including phenoxy) is 2. The molecular formula is C17H22N2O4. The Bertz CT molecular complexity index is 595. The Morgan fingerprint density at radius 3 is 2.65 bits per heavy atom. The highest BCUT2D eigenvalue weighted by Gasteiger charge is 2.51. The van der Waals surface area contributed by atoms with Crippen molar-refractivity contribution in [2.45, 2.75) is 24.4 Å². The number of likely N-dealkylation sites (N-methyl/N-ethyl adjacent to an activating group) is 1. The van der Waals surface area contributed by atoms with Crippen LogP contribution in [-0.2, 0) is 19.7 Å². The van der Waals surface area contributed by atoms with Crippen LogP contribution in [0.25, 0.3) is 0 Å². The third-order valence-electron chi connectivity index (χ3n) is 4.66. The van der Waals surface area contributed by atoms with E-state index in [-0.39, 0.29) is 24.5 Å². The summed E-state index contributed by atoms with van der Waals surface area (Å²) in [5.41, 5.74) is 0.607. The fourth-order valence-electron chi connectivity index (χ4n) is 2.94. The molecule has 6 heteroatoms. The quantitative estimate of drug-likeness (QED) is 0.868. The van der Waals surface area contributed by atoms with Gasteiger partial charge in [-0.15, -0.1) is 0 Å². The molecule has 2 amide bonds. The number of amides is 2. The van der Waals surface area contributed by atoms with Gasteiger partial charge in [-0.2, -0.15) is 0 Å². The first-order valence-corrected chi connectivity index (χ1v) is 7.83. The van der Waals surface area contributed by atoms with Crippen molar-refractivity contribution in [1.82, 2.24) is 10.2 Å². The van der Waals surface area contributed by atoms with Crippen molar-refractivity contribution in [3.05, 3.63) is 29.8 Å². The molecule has 0 aromatic heterocycles. The van der Waals surface area contributed by atoms with Gasteiger partial charge in [0.25, 0.3) is 0 Å². The van der Waals surface area contributed by atoms with E-state index in [1.54, 1.807) is 19.1 Å². The molecule has 0 radical (unpaired) electrons. The molecule has 124 valence electrons. The van der Waals surface area contributed by atoms with Gasteiger partial charge in [0.15, 0.2) is 0 Å². The number of rotatable bonds is 5. The highest BCUT2D eigenvalue weighted by atomic mass is 16.5. The van der Waals surface area contributed by atoms with Crippen molar-refractivity contribution in [2.75, 3.05) is 33.9 Å². The maximum Gasteiger partial charge on any atom is 0.248 e. The Labute approximate surface area is 135 Å². The lowest BCUT2D eigenvalue weighted by Gasteiger charge is -2.30. The molecule has 0 spiro atoms. The third kappa shape index (κ3) is 3.17. The Morgan fingerprint density at radius 1 is 1.39 bits per heavy atom. The summed E-state index contributed by atoms with van der Waals surface area (Å²) in [4.78, 5) is 25.6. The fourth-order valence-corrected chi connectivity index (χ4v) is 2.94. The molecule has 23 heavy (non-hydrogen) atoms. The van der Waals surface area contributed by atoms with Gasteiger partial charge in [-0.05, 0) is 30.5 Å². The smallest absolute Gasteiger partial charge is 0.248 e. The number of hydrogen-bond donors (Lipinski definition) is 1. The summed E-state index contributed by atoms with van der Waals surface area (Å²) in [5.74, 6) is 0.795. The van der Waals surface area contributed by atoms with Gasteiger partial charge in [0.2, 0.25) is 11.8 Å². The van der Waals surface area contributed by atoms with Crippen LogP contribution in [0.3, 0.4) is 0 Å². The Morgan fingerprint density at radius 2 is 2.09 bits per heavy atom. The summed E-state index contributed by atoms with van der Waals surface area (Å²) in [6.45, 7) is 1.02. The van der Waals surface area contributed by atoms with E-state index in [2.05, 4.69) is 5.32 Å². The van der Waals surface area contributed by atoms with E-state index < -0.39 is 5.41 Å². The largest absolute Gasteiger partial charge is 0.497 e. The van der Waals surface area contributed by atoms with Crippen LogP contribution >= 0.6 is 0 Å². The molecule has 1 aliphatic carbocycles. The maximum atomic E-state index is 12.6. The second kappa shape index (κ2) is 6.20. The van der Waals surface area contributed by atoms with Crippen molar-refractivity contribution < 1.29 is 19.1 Å². The van der Waals surface area contributed by atoms with Crippen molar-refractivity contribution in [1.29, 1.82) is 0 Å². The first-order chi connectivity index (χ1) is 11.0. The molecular weight excluding hydrogens is 296 g/mol. The van der Waals surface area contributed by atoms with Crippen LogP contribution in [0, 0.1) is 0 Å². The van der Waals surface area contributed by atoms with Crippen LogP contribution in [-0.4, -0.2) is 56.7 Å². The summed E-state index contributed by atoms with van der Waals surface area (Å²) in [7, 11) is 3.37. The Kier molecular flexibility index (Phi) is 4.26. The molecule has 1 unspecified atom stereocenters. The molecule has 1 saturated heterocycles. The van der Waals surface area contributed by atoms with Gasteiger partial charge < -0.3 is 19.7 Å². The number of carbonyl (C=O) groups excluding carboxylic acids is 2. The van der Waals surface area contributed by atoms with E-state index in [9.17, 15) is 9.59 Å². The molecule has 1 N–H and O–H groups in total. The lowest BCUT2D eigenvalue weighted by Crippen LogP contribution is -2.49. The van der Waals surface area contributed by atoms with E-state index in [4.69, 9.17) is 9.47 Å². The summed E-state index contributed by atoms with van der Waals surface area (Å²) in [5, 5.41) is 2.98. The lowest BCUT2D eigenvalue weighted by molar-refractivity contribution is -0.146. The fraction of sp³-hybridized carbons (Fsp3) is 0.529. The molecule has 1 aromatic carbocycles. The zero-order chi connectivity index (χ0) is 16.4. The van der Waals surface area contributed by atoms with Crippen LogP contribution in [0.5, 0.6) is 5.75 Å². The van der Waals surface area contributed by atoms with Gasteiger partial charge in [-0.1, -0.05) is 12.1 Å². The maximum absolute atomic E-state index is 12.6. The van der Waals surface area contributed by atoms with E-state index >= 15 is 0 Å². The standard InChI is InChI=1S/C17H22N2O4/c1-19-10-14(23-11-15(19)20)9-18-16(21)17(7-8-17)12-3-5-13(22-2)6-4-12/h3-6,14H,7-11H2,1-2H3,(H,18,21). The summed E-state index contributed by atoms with van der Waals surface area (Å²) in [6.07, 6.45) is 1.57. The summed E-state index contributed by atoms with van der Waals surface area (Å²) >= 11 is 0. The van der Waals surface area contributed by atoms with Crippen molar-refractivity contribution in [3.8, 4) is 5.75 Å². The normalized spacial score (nSPS) is 22.6. The number of hydrogen-bond acceptors (Lipinski definition) is 4. The van der Waals surface area contributed by atoms with E-state index in [0.717, 1.165) is 24.2 Å². The molecule has 1 atom stereocenters. The van der Waals surface area contributed by atoms with Gasteiger partial charge in [0.05, 0.1) is 18.6 Å². The molecule has 2 fully saturated rings. The predicted octanol–water partition coefficient (Wildman–Crippen LogP) is 0.700.